The second-order valence-electron chi connectivity index (χ2n) is 2.99. The van der Waals surface area contributed by atoms with E-state index in [2.05, 4.69) is 10.2 Å². The van der Waals surface area contributed by atoms with Crippen LogP contribution in [0.4, 0.5) is 4.79 Å². The quantitative estimate of drug-likeness (QED) is 0.517. The molecule has 0 saturated carbocycles. The molecular formula is C7H9N3O3. The van der Waals surface area contributed by atoms with E-state index in [0.29, 0.717) is 24.2 Å². The fourth-order valence-corrected chi connectivity index (χ4v) is 1.50. The lowest BCUT2D eigenvalue weighted by atomic mass is 10.1. The number of fused-ring (bicyclic) bond motifs is 1. The van der Waals surface area contributed by atoms with Crippen molar-refractivity contribution in [2.45, 2.75) is 13.0 Å². The summed E-state index contributed by atoms with van der Waals surface area (Å²) in [7, 11) is 0. The zero-order valence-corrected chi connectivity index (χ0v) is 6.83. The molecule has 1 aromatic rings. The lowest BCUT2D eigenvalue weighted by Crippen LogP contribution is -2.35. The Kier molecular flexibility index (Phi) is 1.61. The molecule has 0 fully saturated rings. The van der Waals surface area contributed by atoms with Crippen molar-refractivity contribution in [3.05, 3.63) is 21.6 Å². The molecule has 0 aliphatic carbocycles. The Morgan fingerprint density at radius 1 is 1.46 bits per heavy atom. The van der Waals surface area contributed by atoms with Gasteiger partial charge in [0.2, 0.25) is 0 Å². The molecule has 0 atom stereocenters. The Bertz CT molecular complexity index is 392. The van der Waals surface area contributed by atoms with Gasteiger partial charge in [-0.15, -0.1) is 0 Å². The fraction of sp³-hybridized carbons (Fsp3) is 0.429. The van der Waals surface area contributed by atoms with Gasteiger partial charge >= 0.3 is 6.09 Å². The first kappa shape index (κ1) is 7.90. The Balaban J connectivity index is 2.30. The first-order valence-electron chi connectivity index (χ1n) is 3.95. The lowest BCUT2D eigenvalue weighted by Gasteiger charge is -2.22. The van der Waals surface area contributed by atoms with Crippen LogP contribution in [-0.2, 0) is 13.0 Å². The van der Waals surface area contributed by atoms with Gasteiger partial charge in [0, 0.05) is 12.1 Å². The highest BCUT2D eigenvalue weighted by Crippen LogP contribution is 2.12. The maximum atomic E-state index is 11.1. The molecule has 13 heavy (non-hydrogen) atoms. The molecule has 0 spiro atoms. The van der Waals surface area contributed by atoms with E-state index in [0.717, 1.165) is 0 Å². The molecule has 1 amide bonds. The number of amides is 1. The SMILES string of the molecule is O=C(O)N1CCc2c([nH][nH]c2=O)C1. The van der Waals surface area contributed by atoms with Crippen LogP contribution in [0.3, 0.4) is 0 Å². The van der Waals surface area contributed by atoms with Crippen molar-refractivity contribution < 1.29 is 9.90 Å². The van der Waals surface area contributed by atoms with E-state index in [9.17, 15) is 9.59 Å². The second kappa shape index (κ2) is 2.65. The predicted octanol–water partition coefficient (Wildman–Crippen LogP) is -0.261. The molecule has 0 saturated heterocycles. The molecule has 0 aromatic carbocycles. The summed E-state index contributed by atoms with van der Waals surface area (Å²) < 4.78 is 0. The molecule has 1 aromatic heterocycles. The highest BCUT2D eigenvalue weighted by molar-refractivity contribution is 5.65. The van der Waals surface area contributed by atoms with Gasteiger partial charge in [-0.3, -0.25) is 9.89 Å². The minimum Gasteiger partial charge on any atom is -0.465 e. The Morgan fingerprint density at radius 3 is 2.92 bits per heavy atom. The van der Waals surface area contributed by atoms with E-state index in [1.807, 2.05) is 0 Å². The molecule has 3 N–H and O–H groups in total. The molecule has 0 radical (unpaired) electrons. The third-order valence-corrected chi connectivity index (χ3v) is 2.22. The highest BCUT2D eigenvalue weighted by atomic mass is 16.4. The molecule has 1 aliphatic heterocycles. The number of rotatable bonds is 0. The molecule has 1 aliphatic rings. The van der Waals surface area contributed by atoms with Gasteiger partial charge in [0.25, 0.3) is 5.56 Å². The maximum Gasteiger partial charge on any atom is 0.407 e. The first-order chi connectivity index (χ1) is 6.18. The number of aromatic amines is 2. The number of hydrogen-bond acceptors (Lipinski definition) is 2. The number of aromatic nitrogens is 2. The maximum absolute atomic E-state index is 11.1. The van der Waals surface area contributed by atoms with Gasteiger partial charge in [0.1, 0.15) is 0 Å². The molecule has 2 rings (SSSR count). The van der Waals surface area contributed by atoms with Crippen LogP contribution in [0.1, 0.15) is 11.3 Å². The third kappa shape index (κ3) is 1.20. The van der Waals surface area contributed by atoms with Gasteiger partial charge in [0.05, 0.1) is 12.2 Å². The van der Waals surface area contributed by atoms with E-state index in [4.69, 9.17) is 5.11 Å². The monoisotopic (exact) mass is 183 g/mol. The minimum absolute atomic E-state index is 0.139. The number of carboxylic acid groups (broad SMARTS) is 1. The number of H-pyrrole nitrogens is 2. The van der Waals surface area contributed by atoms with Gasteiger partial charge in [-0.1, -0.05) is 0 Å². The van der Waals surface area contributed by atoms with Crippen LogP contribution in [0.5, 0.6) is 0 Å². The van der Waals surface area contributed by atoms with Gasteiger partial charge in [-0.05, 0) is 6.42 Å². The fourth-order valence-electron chi connectivity index (χ4n) is 1.50. The highest BCUT2D eigenvalue weighted by Gasteiger charge is 2.22. The van der Waals surface area contributed by atoms with Crippen molar-refractivity contribution in [1.82, 2.24) is 15.1 Å². The van der Waals surface area contributed by atoms with Crippen LogP contribution >= 0.6 is 0 Å². The summed E-state index contributed by atoms with van der Waals surface area (Å²) in [6, 6.07) is 0. The Hall–Kier alpha value is -1.72. The number of nitrogens with one attached hydrogen (secondary N) is 2. The summed E-state index contributed by atoms with van der Waals surface area (Å²) in [6.45, 7) is 0.659. The standard InChI is InChI=1S/C7H9N3O3/c11-6-4-1-2-10(7(12)13)3-5(4)8-9-6/h1-3H2,(H,12,13)(H2,8,9,11). The van der Waals surface area contributed by atoms with Crippen molar-refractivity contribution in [3.8, 4) is 0 Å². The number of nitrogens with zero attached hydrogens (tertiary/aromatic N) is 1. The van der Waals surface area contributed by atoms with Gasteiger partial charge in [-0.25, -0.2) is 4.79 Å². The molecule has 2 heterocycles. The normalized spacial score (nSPS) is 15.5. The summed E-state index contributed by atoms with van der Waals surface area (Å²) >= 11 is 0. The number of hydrogen-bond donors (Lipinski definition) is 3. The molecule has 70 valence electrons. The van der Waals surface area contributed by atoms with Crippen molar-refractivity contribution in [3.63, 3.8) is 0 Å². The third-order valence-electron chi connectivity index (χ3n) is 2.22. The zero-order valence-electron chi connectivity index (χ0n) is 6.83. The van der Waals surface area contributed by atoms with Crippen LogP contribution < -0.4 is 5.56 Å². The predicted molar refractivity (Wildman–Crippen MR) is 43.6 cm³/mol. The molecule has 6 nitrogen and oxygen atoms in total. The van der Waals surface area contributed by atoms with Crippen LogP contribution in [0.25, 0.3) is 0 Å². The van der Waals surface area contributed by atoms with E-state index in [-0.39, 0.29) is 12.1 Å². The molecular weight excluding hydrogens is 174 g/mol. The Morgan fingerprint density at radius 2 is 2.23 bits per heavy atom. The van der Waals surface area contributed by atoms with E-state index < -0.39 is 6.09 Å². The summed E-state index contributed by atoms with van der Waals surface area (Å²) in [6.07, 6.45) is -0.465. The molecule has 0 unspecified atom stereocenters. The molecule has 6 heteroatoms. The topological polar surface area (TPSA) is 89.2 Å². The van der Waals surface area contributed by atoms with Crippen LogP contribution in [0.2, 0.25) is 0 Å². The van der Waals surface area contributed by atoms with Gasteiger partial charge in [-0.2, -0.15) is 0 Å². The second-order valence-corrected chi connectivity index (χ2v) is 2.99. The summed E-state index contributed by atoms with van der Waals surface area (Å²) in [5.74, 6) is 0. The van der Waals surface area contributed by atoms with E-state index in [1.54, 1.807) is 0 Å². The van der Waals surface area contributed by atoms with Crippen molar-refractivity contribution in [2.24, 2.45) is 0 Å². The zero-order chi connectivity index (χ0) is 9.42. The van der Waals surface area contributed by atoms with Gasteiger partial charge < -0.3 is 15.1 Å². The first-order valence-corrected chi connectivity index (χ1v) is 3.95. The van der Waals surface area contributed by atoms with Crippen LogP contribution in [-0.4, -0.2) is 32.8 Å². The van der Waals surface area contributed by atoms with Crippen LogP contribution in [0.15, 0.2) is 4.79 Å². The average Bonchev–Trinajstić information content (AvgIpc) is 2.47. The van der Waals surface area contributed by atoms with Gasteiger partial charge in [0.15, 0.2) is 0 Å². The van der Waals surface area contributed by atoms with Crippen LogP contribution in [0, 0.1) is 0 Å². The largest absolute Gasteiger partial charge is 0.465 e. The van der Waals surface area contributed by atoms with E-state index >= 15 is 0 Å². The van der Waals surface area contributed by atoms with Crippen molar-refractivity contribution in [1.29, 1.82) is 0 Å². The Labute approximate surface area is 73.2 Å². The smallest absolute Gasteiger partial charge is 0.407 e. The minimum atomic E-state index is -0.951. The van der Waals surface area contributed by atoms with Crippen molar-refractivity contribution in [2.75, 3.05) is 6.54 Å². The summed E-state index contributed by atoms with van der Waals surface area (Å²) in [5.41, 5.74) is 1.22. The summed E-state index contributed by atoms with van der Waals surface area (Å²) in [4.78, 5) is 23.0. The van der Waals surface area contributed by atoms with Crippen molar-refractivity contribution >= 4 is 6.09 Å². The average molecular weight is 183 g/mol. The number of carbonyl (C=O) groups is 1. The molecule has 0 bridgehead atoms. The lowest BCUT2D eigenvalue weighted by molar-refractivity contribution is 0.139. The van der Waals surface area contributed by atoms with E-state index in [1.165, 1.54) is 4.90 Å². The summed E-state index contributed by atoms with van der Waals surface area (Å²) in [5, 5.41) is 13.8.